The Bertz CT molecular complexity index is 756. The number of nitriles is 1. The van der Waals surface area contributed by atoms with Gasteiger partial charge in [0.1, 0.15) is 17.6 Å². The molecule has 0 aliphatic carbocycles. The minimum absolute atomic E-state index is 0.310. The summed E-state index contributed by atoms with van der Waals surface area (Å²) in [5, 5.41) is 9.07. The number of ketones is 1. The van der Waals surface area contributed by atoms with Gasteiger partial charge in [-0.05, 0) is 29.8 Å². The lowest BCUT2D eigenvalue weighted by Gasteiger charge is -2.10. The van der Waals surface area contributed by atoms with Crippen LogP contribution in [0.15, 0.2) is 36.4 Å². The van der Waals surface area contributed by atoms with E-state index in [0.717, 1.165) is 0 Å². The van der Waals surface area contributed by atoms with Gasteiger partial charge < -0.3 is 0 Å². The molecule has 0 saturated carbocycles. The van der Waals surface area contributed by atoms with Gasteiger partial charge in [0.15, 0.2) is 5.78 Å². The quantitative estimate of drug-likeness (QED) is 0.603. The molecule has 1 unspecified atom stereocenters. The van der Waals surface area contributed by atoms with Gasteiger partial charge in [-0.15, -0.1) is 0 Å². The molecule has 2 rings (SSSR count). The second-order valence-electron chi connectivity index (χ2n) is 4.23. The van der Waals surface area contributed by atoms with Crippen molar-refractivity contribution in [2.75, 3.05) is 0 Å². The number of hydrogen-bond donors (Lipinski definition) is 0. The van der Waals surface area contributed by atoms with Gasteiger partial charge in [-0.25, -0.2) is 8.78 Å². The predicted octanol–water partition coefficient (Wildman–Crippen LogP) is 4.76. The standard InChI is InChI=1S/C15H7Cl2F2NO/c16-9-3-1-2-8(4-9)11(7-20)15(21)10-5-14(19)12(17)6-13(10)18/h1-6,11H. The van der Waals surface area contributed by atoms with E-state index in [1.807, 2.05) is 0 Å². The Labute approximate surface area is 129 Å². The Morgan fingerprint density at radius 2 is 1.86 bits per heavy atom. The molecule has 2 aromatic rings. The zero-order valence-electron chi connectivity index (χ0n) is 10.4. The fourth-order valence-corrected chi connectivity index (χ4v) is 2.19. The van der Waals surface area contributed by atoms with Crippen molar-refractivity contribution >= 4 is 29.0 Å². The van der Waals surface area contributed by atoms with Crippen LogP contribution in [-0.4, -0.2) is 5.78 Å². The van der Waals surface area contributed by atoms with Gasteiger partial charge in [0.05, 0.1) is 16.7 Å². The molecule has 2 aromatic carbocycles. The molecule has 0 bridgehead atoms. The van der Waals surface area contributed by atoms with Crippen LogP contribution in [0.3, 0.4) is 0 Å². The largest absolute Gasteiger partial charge is 0.292 e. The Balaban J connectivity index is 2.47. The third-order valence-electron chi connectivity index (χ3n) is 2.85. The molecule has 0 heterocycles. The van der Waals surface area contributed by atoms with Crippen LogP contribution >= 0.6 is 23.2 Å². The van der Waals surface area contributed by atoms with E-state index in [9.17, 15) is 13.6 Å². The summed E-state index contributed by atoms with van der Waals surface area (Å²) >= 11 is 11.2. The molecule has 106 valence electrons. The molecule has 0 saturated heterocycles. The van der Waals surface area contributed by atoms with Crippen LogP contribution < -0.4 is 0 Å². The van der Waals surface area contributed by atoms with E-state index >= 15 is 0 Å². The lowest BCUT2D eigenvalue weighted by Crippen LogP contribution is -2.13. The molecular weight excluding hydrogens is 319 g/mol. The first-order chi connectivity index (χ1) is 9.93. The van der Waals surface area contributed by atoms with Crippen LogP contribution in [0, 0.1) is 23.0 Å². The van der Waals surface area contributed by atoms with Crippen LogP contribution in [0.4, 0.5) is 8.78 Å². The number of halogens is 4. The third-order valence-corrected chi connectivity index (χ3v) is 3.37. The minimum atomic E-state index is -1.28. The Kier molecular flexibility index (Phi) is 4.56. The number of Topliss-reactive ketones (excluding diaryl/α,β-unsaturated/α-hetero) is 1. The monoisotopic (exact) mass is 325 g/mol. The lowest BCUT2D eigenvalue weighted by atomic mass is 9.91. The third kappa shape index (κ3) is 3.21. The Hall–Kier alpha value is -1.96. The second-order valence-corrected chi connectivity index (χ2v) is 5.07. The van der Waals surface area contributed by atoms with E-state index in [2.05, 4.69) is 0 Å². The van der Waals surface area contributed by atoms with Gasteiger partial charge in [0, 0.05) is 5.02 Å². The van der Waals surface area contributed by atoms with Crippen molar-refractivity contribution in [2.45, 2.75) is 5.92 Å². The number of carbonyl (C=O) groups is 1. The molecule has 0 aliphatic rings. The van der Waals surface area contributed by atoms with Gasteiger partial charge >= 0.3 is 0 Å². The zero-order chi connectivity index (χ0) is 15.6. The molecule has 0 N–H and O–H groups in total. The molecule has 2 nitrogen and oxygen atoms in total. The van der Waals surface area contributed by atoms with E-state index in [4.69, 9.17) is 28.5 Å². The second kappa shape index (κ2) is 6.21. The smallest absolute Gasteiger partial charge is 0.187 e. The minimum Gasteiger partial charge on any atom is -0.292 e. The highest BCUT2D eigenvalue weighted by atomic mass is 35.5. The number of nitrogens with zero attached hydrogens (tertiary/aromatic N) is 1. The maximum atomic E-state index is 13.8. The van der Waals surface area contributed by atoms with Gasteiger partial charge in [0.2, 0.25) is 0 Å². The number of benzene rings is 2. The Morgan fingerprint density at radius 1 is 1.14 bits per heavy atom. The first kappa shape index (κ1) is 15.4. The van der Waals surface area contributed by atoms with Crippen LogP contribution in [0.25, 0.3) is 0 Å². The fourth-order valence-electron chi connectivity index (χ4n) is 1.84. The van der Waals surface area contributed by atoms with Crippen molar-refractivity contribution in [3.05, 3.63) is 69.2 Å². The first-order valence-corrected chi connectivity index (χ1v) is 6.53. The topological polar surface area (TPSA) is 40.9 Å². The van der Waals surface area contributed by atoms with E-state index in [-0.39, 0.29) is 0 Å². The molecule has 0 aromatic heterocycles. The molecule has 1 atom stereocenters. The summed E-state index contributed by atoms with van der Waals surface area (Å²) < 4.78 is 27.2. The number of carbonyl (C=O) groups excluding carboxylic acids is 1. The van der Waals surface area contributed by atoms with Crippen LogP contribution in [0.2, 0.25) is 10.0 Å². The molecule has 0 aliphatic heterocycles. The number of hydrogen-bond acceptors (Lipinski definition) is 2. The lowest BCUT2D eigenvalue weighted by molar-refractivity contribution is 0.0974. The van der Waals surface area contributed by atoms with Crippen molar-refractivity contribution in [1.29, 1.82) is 5.26 Å². The molecule has 6 heteroatoms. The average molecular weight is 326 g/mol. The fraction of sp³-hybridized carbons (Fsp3) is 0.0667. The van der Waals surface area contributed by atoms with Gasteiger partial charge in [0.25, 0.3) is 0 Å². The van der Waals surface area contributed by atoms with Crippen molar-refractivity contribution < 1.29 is 13.6 Å². The van der Waals surface area contributed by atoms with Crippen molar-refractivity contribution in [2.24, 2.45) is 0 Å². The molecule has 0 radical (unpaired) electrons. The first-order valence-electron chi connectivity index (χ1n) is 5.78. The van der Waals surface area contributed by atoms with Crippen LogP contribution in [0.5, 0.6) is 0 Å². The van der Waals surface area contributed by atoms with Crippen molar-refractivity contribution in [3.8, 4) is 6.07 Å². The summed E-state index contributed by atoms with van der Waals surface area (Å²) in [5.74, 6) is -4.04. The van der Waals surface area contributed by atoms with Gasteiger partial charge in [-0.2, -0.15) is 5.26 Å². The van der Waals surface area contributed by atoms with E-state index in [0.29, 0.717) is 22.7 Å². The summed E-state index contributed by atoms with van der Waals surface area (Å²) in [6.07, 6.45) is 0. The van der Waals surface area contributed by atoms with Crippen molar-refractivity contribution in [3.63, 3.8) is 0 Å². The van der Waals surface area contributed by atoms with E-state index in [1.54, 1.807) is 18.2 Å². The molecule has 0 amide bonds. The molecule has 0 spiro atoms. The summed E-state index contributed by atoms with van der Waals surface area (Å²) in [5.41, 5.74) is -0.215. The van der Waals surface area contributed by atoms with Gasteiger partial charge in [-0.3, -0.25) is 4.79 Å². The maximum Gasteiger partial charge on any atom is 0.187 e. The average Bonchev–Trinajstić information content (AvgIpc) is 2.43. The van der Waals surface area contributed by atoms with Gasteiger partial charge in [-0.1, -0.05) is 35.3 Å². The SMILES string of the molecule is N#CC(C(=O)c1cc(F)c(Cl)cc1F)c1cccc(Cl)c1. The van der Waals surface area contributed by atoms with Crippen molar-refractivity contribution in [1.82, 2.24) is 0 Å². The predicted molar refractivity (Wildman–Crippen MR) is 75.5 cm³/mol. The summed E-state index contributed by atoms with van der Waals surface area (Å²) in [6.45, 7) is 0. The van der Waals surface area contributed by atoms with Crippen LogP contribution in [0.1, 0.15) is 21.8 Å². The molecule has 0 fully saturated rings. The summed E-state index contributed by atoms with van der Waals surface area (Å²) in [4.78, 5) is 12.3. The highest BCUT2D eigenvalue weighted by molar-refractivity contribution is 6.31. The summed E-state index contributed by atoms with van der Waals surface area (Å²) in [6, 6.07) is 9.25. The normalized spacial score (nSPS) is 11.8. The van der Waals surface area contributed by atoms with E-state index < -0.39 is 33.9 Å². The highest BCUT2D eigenvalue weighted by Crippen LogP contribution is 2.26. The number of rotatable bonds is 3. The highest BCUT2D eigenvalue weighted by Gasteiger charge is 2.25. The Morgan fingerprint density at radius 3 is 2.48 bits per heavy atom. The van der Waals surface area contributed by atoms with Crippen LogP contribution in [-0.2, 0) is 0 Å². The molecular formula is C15H7Cl2F2NO. The molecule has 21 heavy (non-hydrogen) atoms. The maximum absolute atomic E-state index is 13.8. The zero-order valence-corrected chi connectivity index (χ0v) is 11.9. The van der Waals surface area contributed by atoms with E-state index in [1.165, 1.54) is 12.1 Å². The summed E-state index contributed by atoms with van der Waals surface area (Å²) in [7, 11) is 0.